The van der Waals surface area contributed by atoms with Crippen LogP contribution in [0.15, 0.2) is 18.2 Å². The predicted octanol–water partition coefficient (Wildman–Crippen LogP) is 1.80. The lowest BCUT2D eigenvalue weighted by Gasteiger charge is -2.34. The number of hydrogen-bond donors (Lipinski definition) is 1. The molecule has 5 heteroatoms. The van der Waals surface area contributed by atoms with Crippen molar-refractivity contribution >= 4 is 11.6 Å². The van der Waals surface area contributed by atoms with E-state index in [1.165, 1.54) is 13.0 Å². The molecule has 0 atom stereocenters. The number of hydrogen-bond acceptors (Lipinski definition) is 3. The normalized spacial score (nSPS) is 15.9. The van der Waals surface area contributed by atoms with Crippen molar-refractivity contribution in [2.45, 2.75) is 25.8 Å². The molecular weight excluding hydrogens is 245 g/mol. The number of carbonyl (C=O) groups is 1. The van der Waals surface area contributed by atoms with E-state index >= 15 is 0 Å². The molecule has 19 heavy (non-hydrogen) atoms. The van der Waals surface area contributed by atoms with E-state index in [1.807, 2.05) is 11.0 Å². The van der Waals surface area contributed by atoms with E-state index in [1.54, 1.807) is 12.1 Å². The van der Waals surface area contributed by atoms with Crippen LogP contribution in [0.2, 0.25) is 0 Å². The van der Waals surface area contributed by atoms with Gasteiger partial charge in [-0.15, -0.1) is 0 Å². The first-order valence-corrected chi connectivity index (χ1v) is 6.32. The number of benzene rings is 1. The van der Waals surface area contributed by atoms with E-state index in [-0.39, 0.29) is 17.8 Å². The molecule has 1 aromatic carbocycles. The zero-order chi connectivity index (χ0) is 13.8. The number of nitrogens with zero attached hydrogens (tertiary/aromatic N) is 2. The Morgan fingerprint density at radius 2 is 2.16 bits per heavy atom. The third-order valence-corrected chi connectivity index (χ3v) is 3.32. The molecule has 0 spiro atoms. The number of rotatable bonds is 2. The highest BCUT2D eigenvalue weighted by Crippen LogP contribution is 2.24. The Morgan fingerprint density at radius 3 is 2.68 bits per heavy atom. The van der Waals surface area contributed by atoms with Crippen LogP contribution >= 0.6 is 0 Å². The van der Waals surface area contributed by atoms with Crippen molar-refractivity contribution in [2.75, 3.05) is 18.0 Å². The molecule has 0 saturated carbocycles. The van der Waals surface area contributed by atoms with Gasteiger partial charge in [-0.05, 0) is 31.0 Å². The highest BCUT2D eigenvalue weighted by Gasteiger charge is 2.21. The minimum atomic E-state index is -0.364. The van der Waals surface area contributed by atoms with Gasteiger partial charge in [0, 0.05) is 26.1 Å². The summed E-state index contributed by atoms with van der Waals surface area (Å²) < 4.78 is 13.9. The Morgan fingerprint density at radius 1 is 1.47 bits per heavy atom. The number of anilines is 1. The van der Waals surface area contributed by atoms with Crippen LogP contribution in [0.25, 0.3) is 0 Å². The van der Waals surface area contributed by atoms with Crippen molar-refractivity contribution in [1.82, 2.24) is 5.32 Å². The van der Waals surface area contributed by atoms with Gasteiger partial charge in [0.25, 0.3) is 0 Å². The van der Waals surface area contributed by atoms with Gasteiger partial charge in [0.15, 0.2) is 0 Å². The van der Waals surface area contributed by atoms with Crippen molar-refractivity contribution in [2.24, 2.45) is 0 Å². The van der Waals surface area contributed by atoms with E-state index in [9.17, 15) is 9.18 Å². The SMILES string of the molecule is CC(=O)NC1CCN(c2ccc(C#N)cc2F)CC1. The molecule has 0 unspecified atom stereocenters. The maximum Gasteiger partial charge on any atom is 0.217 e. The molecule has 1 saturated heterocycles. The van der Waals surface area contributed by atoms with Crippen LogP contribution in [-0.4, -0.2) is 25.0 Å². The molecule has 0 radical (unpaired) electrons. The van der Waals surface area contributed by atoms with Crippen molar-refractivity contribution in [3.8, 4) is 6.07 Å². The number of carbonyl (C=O) groups excluding carboxylic acids is 1. The van der Waals surface area contributed by atoms with Crippen LogP contribution < -0.4 is 10.2 Å². The summed E-state index contributed by atoms with van der Waals surface area (Å²) in [4.78, 5) is 12.9. The molecule has 100 valence electrons. The summed E-state index contributed by atoms with van der Waals surface area (Å²) in [7, 11) is 0. The molecular formula is C14H16FN3O. The summed E-state index contributed by atoms with van der Waals surface area (Å²) in [6.45, 7) is 2.91. The largest absolute Gasteiger partial charge is 0.369 e. The standard InChI is InChI=1S/C14H16FN3O/c1-10(19)17-12-4-6-18(7-5-12)14-3-2-11(9-16)8-13(14)15/h2-3,8,12H,4-7H2,1H3,(H,17,19). The van der Waals surface area contributed by atoms with Gasteiger partial charge in [0.2, 0.25) is 5.91 Å². The molecule has 1 aromatic rings. The summed E-state index contributed by atoms with van der Waals surface area (Å²) >= 11 is 0. The summed E-state index contributed by atoms with van der Waals surface area (Å²) in [5, 5.41) is 11.6. The molecule has 4 nitrogen and oxygen atoms in total. The fourth-order valence-electron chi connectivity index (χ4n) is 2.39. The fraction of sp³-hybridized carbons (Fsp3) is 0.429. The van der Waals surface area contributed by atoms with Gasteiger partial charge >= 0.3 is 0 Å². The second kappa shape index (κ2) is 5.70. The van der Waals surface area contributed by atoms with E-state index in [4.69, 9.17) is 5.26 Å². The highest BCUT2D eigenvalue weighted by atomic mass is 19.1. The Hall–Kier alpha value is -2.09. The Bertz CT molecular complexity index is 516. The molecule has 1 N–H and O–H groups in total. The molecule has 1 heterocycles. The first-order chi connectivity index (χ1) is 9.10. The number of piperidine rings is 1. The zero-order valence-electron chi connectivity index (χ0n) is 10.8. The molecule has 2 rings (SSSR count). The predicted molar refractivity (Wildman–Crippen MR) is 70.2 cm³/mol. The number of halogens is 1. The van der Waals surface area contributed by atoms with Crippen LogP contribution in [0.3, 0.4) is 0 Å². The summed E-state index contributed by atoms with van der Waals surface area (Å²) in [6, 6.07) is 6.62. The van der Waals surface area contributed by atoms with Gasteiger partial charge in [0.1, 0.15) is 5.82 Å². The Labute approximate surface area is 111 Å². The van der Waals surface area contributed by atoms with Crippen LogP contribution in [0, 0.1) is 17.1 Å². The lowest BCUT2D eigenvalue weighted by Crippen LogP contribution is -2.44. The topological polar surface area (TPSA) is 56.1 Å². The highest BCUT2D eigenvalue weighted by molar-refractivity contribution is 5.73. The lowest BCUT2D eigenvalue weighted by molar-refractivity contribution is -0.119. The van der Waals surface area contributed by atoms with E-state index in [2.05, 4.69) is 5.32 Å². The lowest BCUT2D eigenvalue weighted by atomic mass is 10.0. The number of nitriles is 1. The second-order valence-electron chi connectivity index (χ2n) is 4.74. The number of nitrogens with one attached hydrogen (secondary N) is 1. The van der Waals surface area contributed by atoms with Gasteiger partial charge in [-0.25, -0.2) is 4.39 Å². The van der Waals surface area contributed by atoms with Gasteiger partial charge in [-0.2, -0.15) is 5.26 Å². The average molecular weight is 261 g/mol. The summed E-state index contributed by atoms with van der Waals surface area (Å²) in [5.41, 5.74) is 0.856. The monoisotopic (exact) mass is 261 g/mol. The summed E-state index contributed by atoms with van der Waals surface area (Å²) in [5.74, 6) is -0.389. The van der Waals surface area contributed by atoms with Crippen molar-refractivity contribution in [3.05, 3.63) is 29.6 Å². The molecule has 1 amide bonds. The third-order valence-electron chi connectivity index (χ3n) is 3.32. The molecule has 0 bridgehead atoms. The smallest absolute Gasteiger partial charge is 0.217 e. The number of amides is 1. The van der Waals surface area contributed by atoms with Gasteiger partial charge in [0.05, 0.1) is 17.3 Å². The van der Waals surface area contributed by atoms with E-state index in [0.29, 0.717) is 24.3 Å². The molecule has 1 aliphatic rings. The van der Waals surface area contributed by atoms with Crippen LogP contribution in [0.5, 0.6) is 0 Å². The maximum atomic E-state index is 13.9. The van der Waals surface area contributed by atoms with Crippen molar-refractivity contribution in [1.29, 1.82) is 5.26 Å². The molecule has 1 aliphatic heterocycles. The second-order valence-corrected chi connectivity index (χ2v) is 4.74. The Kier molecular flexibility index (Phi) is 4.00. The molecule has 1 fully saturated rings. The summed E-state index contributed by atoms with van der Waals surface area (Å²) in [6.07, 6.45) is 1.61. The van der Waals surface area contributed by atoms with Gasteiger partial charge in [-0.1, -0.05) is 0 Å². The van der Waals surface area contributed by atoms with Crippen LogP contribution in [0.4, 0.5) is 10.1 Å². The van der Waals surface area contributed by atoms with E-state index < -0.39 is 0 Å². The molecule has 0 aliphatic carbocycles. The quantitative estimate of drug-likeness (QED) is 0.883. The first kappa shape index (κ1) is 13.3. The zero-order valence-corrected chi connectivity index (χ0v) is 10.8. The van der Waals surface area contributed by atoms with Gasteiger partial charge in [-0.3, -0.25) is 4.79 Å². The first-order valence-electron chi connectivity index (χ1n) is 6.32. The minimum Gasteiger partial charge on any atom is -0.369 e. The van der Waals surface area contributed by atoms with Gasteiger partial charge < -0.3 is 10.2 Å². The van der Waals surface area contributed by atoms with Crippen molar-refractivity contribution < 1.29 is 9.18 Å². The molecule has 0 aromatic heterocycles. The Balaban J connectivity index is 2.02. The third kappa shape index (κ3) is 3.22. The average Bonchev–Trinajstić information content (AvgIpc) is 2.39. The van der Waals surface area contributed by atoms with Crippen molar-refractivity contribution in [3.63, 3.8) is 0 Å². The fourth-order valence-corrected chi connectivity index (χ4v) is 2.39. The minimum absolute atomic E-state index is 0.0250. The van der Waals surface area contributed by atoms with Crippen LogP contribution in [-0.2, 0) is 4.79 Å². The van der Waals surface area contributed by atoms with Crippen LogP contribution in [0.1, 0.15) is 25.3 Å². The van der Waals surface area contributed by atoms with E-state index in [0.717, 1.165) is 12.8 Å². The maximum absolute atomic E-state index is 13.9.